The zero-order valence-electron chi connectivity index (χ0n) is 14.2. The molecule has 1 aliphatic rings. The smallest absolute Gasteiger partial charge is 0.331 e. The van der Waals surface area contributed by atoms with Gasteiger partial charge >= 0.3 is 5.97 Å². The van der Waals surface area contributed by atoms with Crippen molar-refractivity contribution in [2.75, 3.05) is 6.16 Å². The maximum absolute atomic E-state index is 12.5. The zero-order valence-corrected chi connectivity index (χ0v) is 15.1. The highest BCUT2D eigenvalue weighted by Gasteiger charge is 2.32. The third kappa shape index (κ3) is 7.65. The fourth-order valence-corrected chi connectivity index (χ4v) is 4.80. The molecule has 0 heterocycles. The second-order valence-corrected chi connectivity index (χ2v) is 9.24. The highest BCUT2D eigenvalue weighted by molar-refractivity contribution is 7.59. The molecule has 5 nitrogen and oxygen atoms in total. The number of rotatable bonds is 10. The van der Waals surface area contributed by atoms with Crippen LogP contribution >= 0.6 is 7.37 Å². The number of carboxylic acids is 1. The molecule has 23 heavy (non-hydrogen) atoms. The van der Waals surface area contributed by atoms with Gasteiger partial charge in [-0.15, -0.1) is 0 Å². The molecule has 0 aromatic heterocycles. The molecule has 0 aromatic carbocycles. The fourth-order valence-electron chi connectivity index (χ4n) is 3.18. The molecular weight excluding hydrogens is 313 g/mol. The summed E-state index contributed by atoms with van der Waals surface area (Å²) in [6, 6.07) is 0. The topological polar surface area (TPSA) is 101 Å². The van der Waals surface area contributed by atoms with Crippen LogP contribution in [0.4, 0.5) is 0 Å². The first-order valence-corrected chi connectivity index (χ1v) is 10.8. The molecule has 0 spiro atoms. The van der Waals surface area contributed by atoms with Crippen molar-refractivity contribution in [3.05, 3.63) is 11.6 Å². The lowest BCUT2D eigenvalue weighted by atomic mass is 9.87. The van der Waals surface area contributed by atoms with E-state index in [-0.39, 0.29) is 11.7 Å². The molecule has 0 saturated heterocycles. The van der Waals surface area contributed by atoms with Gasteiger partial charge in [-0.2, -0.15) is 0 Å². The van der Waals surface area contributed by atoms with Gasteiger partial charge < -0.3 is 15.7 Å². The van der Waals surface area contributed by atoms with E-state index in [0.29, 0.717) is 18.8 Å². The summed E-state index contributed by atoms with van der Waals surface area (Å²) in [5.74, 6) is -1.52. The predicted molar refractivity (Wildman–Crippen MR) is 93.7 cm³/mol. The Bertz CT molecular complexity index is 444. The van der Waals surface area contributed by atoms with Crippen LogP contribution < -0.4 is 5.73 Å². The van der Waals surface area contributed by atoms with E-state index in [1.807, 2.05) is 0 Å². The van der Waals surface area contributed by atoms with Gasteiger partial charge in [-0.25, -0.2) is 4.79 Å². The fraction of sp³-hybridized carbons (Fsp3) is 0.824. The number of allylic oxidation sites excluding steroid dienone is 1. The van der Waals surface area contributed by atoms with Crippen molar-refractivity contribution in [3.8, 4) is 0 Å². The standard InChI is InChI=1S/C17H32NO4P/c1-2-3-4-8-11-15(17(19)20)13-23(21,22)16(18)12-14-9-6-5-7-10-14/h11,14,16H,2-10,12-13,18H2,1H3,(H,19,20)(H,21,22)/b15-11+. The Balaban J connectivity index is 2.60. The first-order valence-electron chi connectivity index (χ1n) is 8.86. The van der Waals surface area contributed by atoms with Crippen LogP contribution in [0.25, 0.3) is 0 Å². The van der Waals surface area contributed by atoms with E-state index in [2.05, 4.69) is 6.92 Å². The third-order valence-corrected chi connectivity index (χ3v) is 6.73. The van der Waals surface area contributed by atoms with E-state index in [1.165, 1.54) is 6.42 Å². The molecule has 2 atom stereocenters. The Morgan fingerprint density at radius 1 is 1.30 bits per heavy atom. The van der Waals surface area contributed by atoms with Gasteiger partial charge in [-0.1, -0.05) is 57.9 Å². The average Bonchev–Trinajstić information content (AvgIpc) is 2.51. The summed E-state index contributed by atoms with van der Waals surface area (Å²) in [4.78, 5) is 21.6. The minimum Gasteiger partial charge on any atom is -0.478 e. The summed E-state index contributed by atoms with van der Waals surface area (Å²) in [5.41, 5.74) is 6.01. The van der Waals surface area contributed by atoms with Crippen LogP contribution in [-0.2, 0) is 9.36 Å². The lowest BCUT2D eigenvalue weighted by molar-refractivity contribution is -0.132. The summed E-state index contributed by atoms with van der Waals surface area (Å²) in [7, 11) is -3.69. The van der Waals surface area contributed by atoms with Crippen molar-refractivity contribution in [3.63, 3.8) is 0 Å². The first kappa shape index (κ1) is 20.4. The van der Waals surface area contributed by atoms with Gasteiger partial charge in [0, 0.05) is 5.57 Å². The molecule has 6 heteroatoms. The maximum atomic E-state index is 12.5. The first-order chi connectivity index (χ1) is 10.9. The summed E-state index contributed by atoms with van der Waals surface area (Å²) in [6.45, 7) is 2.08. The Hall–Kier alpha value is -0.640. The van der Waals surface area contributed by atoms with Crippen molar-refractivity contribution < 1.29 is 19.4 Å². The molecule has 1 rings (SSSR count). The van der Waals surface area contributed by atoms with Crippen LogP contribution in [-0.4, -0.2) is 27.9 Å². The van der Waals surface area contributed by atoms with Crippen molar-refractivity contribution in [2.45, 2.75) is 76.9 Å². The van der Waals surface area contributed by atoms with Gasteiger partial charge in [0.2, 0.25) is 7.37 Å². The lowest BCUT2D eigenvalue weighted by Gasteiger charge is -2.27. The van der Waals surface area contributed by atoms with Crippen molar-refractivity contribution in [2.24, 2.45) is 11.7 Å². The number of nitrogens with two attached hydrogens (primary N) is 1. The van der Waals surface area contributed by atoms with Crippen LogP contribution in [0.2, 0.25) is 0 Å². The van der Waals surface area contributed by atoms with E-state index in [1.54, 1.807) is 6.08 Å². The van der Waals surface area contributed by atoms with Crippen molar-refractivity contribution >= 4 is 13.3 Å². The van der Waals surface area contributed by atoms with Crippen LogP contribution in [0.15, 0.2) is 11.6 Å². The Morgan fingerprint density at radius 2 is 1.96 bits per heavy atom. The Kier molecular flexibility index (Phi) is 9.11. The van der Waals surface area contributed by atoms with Gasteiger partial charge in [0.25, 0.3) is 0 Å². The second-order valence-electron chi connectivity index (χ2n) is 6.75. The number of unbranched alkanes of at least 4 members (excludes halogenated alkanes) is 3. The van der Waals surface area contributed by atoms with Crippen molar-refractivity contribution in [1.29, 1.82) is 0 Å². The van der Waals surface area contributed by atoms with Crippen LogP contribution in [0.5, 0.6) is 0 Å². The summed E-state index contributed by atoms with van der Waals surface area (Å²) >= 11 is 0. The van der Waals surface area contributed by atoms with E-state index >= 15 is 0 Å². The highest BCUT2D eigenvalue weighted by Crippen LogP contribution is 2.48. The largest absolute Gasteiger partial charge is 0.478 e. The van der Waals surface area contributed by atoms with E-state index in [9.17, 15) is 19.4 Å². The molecule has 0 aromatic rings. The monoisotopic (exact) mass is 345 g/mol. The van der Waals surface area contributed by atoms with Gasteiger partial charge in [0.1, 0.15) is 0 Å². The molecule has 1 saturated carbocycles. The molecule has 134 valence electrons. The number of carbonyl (C=O) groups is 1. The number of hydrogen-bond acceptors (Lipinski definition) is 3. The summed E-state index contributed by atoms with van der Waals surface area (Å²) in [6.07, 6.45) is 11.1. The zero-order chi connectivity index (χ0) is 17.3. The molecule has 0 aliphatic heterocycles. The van der Waals surface area contributed by atoms with Crippen molar-refractivity contribution in [1.82, 2.24) is 0 Å². The molecule has 0 amide bonds. The minimum atomic E-state index is -3.69. The number of hydrogen-bond donors (Lipinski definition) is 3. The lowest BCUT2D eigenvalue weighted by Crippen LogP contribution is -2.27. The van der Waals surface area contributed by atoms with Gasteiger partial charge in [-0.05, 0) is 25.2 Å². The quantitative estimate of drug-likeness (QED) is 0.314. The molecule has 0 radical (unpaired) electrons. The molecule has 1 aliphatic carbocycles. The Morgan fingerprint density at radius 3 is 2.52 bits per heavy atom. The van der Waals surface area contributed by atoms with Gasteiger partial charge in [-0.3, -0.25) is 4.57 Å². The third-order valence-electron chi connectivity index (χ3n) is 4.69. The molecule has 1 fully saturated rings. The van der Waals surface area contributed by atoms with E-state index in [4.69, 9.17) is 5.73 Å². The van der Waals surface area contributed by atoms with Crippen LogP contribution in [0.1, 0.15) is 71.1 Å². The van der Waals surface area contributed by atoms with E-state index < -0.39 is 19.1 Å². The normalized spacial score (nSPS) is 20.9. The van der Waals surface area contributed by atoms with Crippen LogP contribution in [0, 0.1) is 5.92 Å². The highest BCUT2D eigenvalue weighted by atomic mass is 31.2. The maximum Gasteiger partial charge on any atom is 0.331 e. The van der Waals surface area contributed by atoms with E-state index in [0.717, 1.165) is 44.9 Å². The van der Waals surface area contributed by atoms with Crippen LogP contribution in [0.3, 0.4) is 0 Å². The second kappa shape index (κ2) is 10.3. The Labute approximate surface area is 139 Å². The van der Waals surface area contributed by atoms with Gasteiger partial charge in [0.15, 0.2) is 0 Å². The SMILES string of the molecule is CCCCC/C=C(\CP(=O)(O)C(N)CC1CCCCC1)C(=O)O. The minimum absolute atomic E-state index is 0.0334. The predicted octanol–water partition coefficient (Wildman–Crippen LogP) is 4.10. The number of aliphatic carboxylic acids is 1. The average molecular weight is 345 g/mol. The molecule has 0 bridgehead atoms. The summed E-state index contributed by atoms with van der Waals surface area (Å²) < 4.78 is 12.5. The molecule has 4 N–H and O–H groups in total. The van der Waals surface area contributed by atoms with Gasteiger partial charge in [0.05, 0.1) is 11.9 Å². The molecular formula is C17H32NO4P. The number of carboxylic acid groups (broad SMARTS) is 1. The summed E-state index contributed by atoms with van der Waals surface area (Å²) in [5, 5.41) is 9.25. The molecule has 2 unspecified atom stereocenters.